The molecule has 4 aromatic rings. The highest BCUT2D eigenvalue weighted by atomic mass is 19.2. The van der Waals surface area contributed by atoms with E-state index in [1.165, 1.54) is 6.07 Å². The molecule has 188 valence electrons. The molecule has 3 heterocycles. The number of nitrogens with one attached hydrogen (secondary N) is 3. The molecule has 1 amide bonds. The zero-order valence-corrected chi connectivity index (χ0v) is 20.3. The Labute approximate surface area is 214 Å². The van der Waals surface area contributed by atoms with Gasteiger partial charge in [0.1, 0.15) is 5.65 Å². The second-order valence-electron chi connectivity index (χ2n) is 7.89. The Bertz CT molecular complexity index is 1440. The second kappa shape index (κ2) is 13.5. The number of benzene rings is 1. The maximum Gasteiger partial charge on any atom is 0.248 e. The lowest BCUT2D eigenvalue weighted by Gasteiger charge is -2.11. The SMILES string of the molecule is C#C.C/C=C\C=C(/CNCc1cc(-c2c[nH]c3ncccc23)ccn1)C(=O)NCc1ccc(F)c(F)c1. The molecule has 0 saturated carbocycles. The van der Waals surface area contributed by atoms with Crippen LogP contribution in [0.4, 0.5) is 8.78 Å². The van der Waals surface area contributed by atoms with Crippen molar-refractivity contribution >= 4 is 16.9 Å². The van der Waals surface area contributed by atoms with Crippen LogP contribution >= 0.6 is 0 Å². The molecular formula is C29H27F2N5O. The summed E-state index contributed by atoms with van der Waals surface area (Å²) in [5.41, 5.74) is 4.70. The van der Waals surface area contributed by atoms with E-state index in [0.29, 0.717) is 24.2 Å². The molecule has 1 aromatic carbocycles. The van der Waals surface area contributed by atoms with Crippen LogP contribution < -0.4 is 10.6 Å². The van der Waals surface area contributed by atoms with Crippen molar-refractivity contribution in [3.8, 4) is 24.0 Å². The van der Waals surface area contributed by atoms with Crippen molar-refractivity contribution in [3.05, 3.63) is 108 Å². The minimum absolute atomic E-state index is 0.0896. The predicted molar refractivity (Wildman–Crippen MR) is 142 cm³/mol. The molecule has 0 unspecified atom stereocenters. The van der Waals surface area contributed by atoms with E-state index in [9.17, 15) is 13.6 Å². The first-order valence-corrected chi connectivity index (χ1v) is 11.5. The Kier molecular flexibility index (Phi) is 9.82. The predicted octanol–water partition coefficient (Wildman–Crippen LogP) is 5.06. The quantitative estimate of drug-likeness (QED) is 0.171. The number of hydrogen-bond acceptors (Lipinski definition) is 4. The van der Waals surface area contributed by atoms with Crippen LogP contribution in [-0.2, 0) is 17.9 Å². The van der Waals surface area contributed by atoms with E-state index in [2.05, 4.69) is 38.4 Å². The molecule has 6 nitrogen and oxygen atoms in total. The van der Waals surface area contributed by atoms with E-state index in [1.54, 1.807) is 24.5 Å². The number of terminal acetylenes is 1. The standard InChI is InChI=1S/C27H25F2N5O.C2H2/c1-2-3-5-20(27(35)34-14-18-7-8-24(28)25(29)12-18)15-30-16-21-13-19(9-11-31-21)23-17-33-26-22(23)6-4-10-32-26;1-2/h2-13,17,30H,14-16H2,1H3,(H,32,33)(H,34,35);1-2H/b3-2-,20-5+;. The largest absolute Gasteiger partial charge is 0.348 e. The summed E-state index contributed by atoms with van der Waals surface area (Å²) < 4.78 is 26.5. The Morgan fingerprint density at radius 3 is 2.68 bits per heavy atom. The van der Waals surface area contributed by atoms with Gasteiger partial charge in [0.2, 0.25) is 5.91 Å². The van der Waals surface area contributed by atoms with Crippen LogP contribution in [0.5, 0.6) is 0 Å². The number of rotatable bonds is 9. The molecule has 0 atom stereocenters. The van der Waals surface area contributed by atoms with Gasteiger partial charge in [-0.05, 0) is 54.4 Å². The van der Waals surface area contributed by atoms with Crippen LogP contribution in [-0.4, -0.2) is 27.4 Å². The summed E-state index contributed by atoms with van der Waals surface area (Å²) in [6.45, 7) is 2.71. The molecule has 0 saturated heterocycles. The van der Waals surface area contributed by atoms with E-state index in [4.69, 9.17) is 0 Å². The summed E-state index contributed by atoms with van der Waals surface area (Å²) in [5, 5.41) is 7.05. The number of carbonyl (C=O) groups is 1. The maximum absolute atomic E-state index is 13.4. The van der Waals surface area contributed by atoms with Crippen LogP contribution in [0.3, 0.4) is 0 Å². The van der Waals surface area contributed by atoms with Crippen molar-refractivity contribution in [2.75, 3.05) is 6.54 Å². The minimum atomic E-state index is -0.943. The van der Waals surface area contributed by atoms with Gasteiger partial charge >= 0.3 is 0 Å². The third-order valence-electron chi connectivity index (χ3n) is 5.42. The number of pyridine rings is 2. The van der Waals surface area contributed by atoms with Crippen molar-refractivity contribution in [2.45, 2.75) is 20.0 Å². The molecule has 0 bridgehead atoms. The summed E-state index contributed by atoms with van der Waals surface area (Å²) in [5.74, 6) is -2.16. The molecule has 0 radical (unpaired) electrons. The highest BCUT2D eigenvalue weighted by Crippen LogP contribution is 2.27. The van der Waals surface area contributed by atoms with Crippen LogP contribution in [0.15, 0.2) is 84.9 Å². The van der Waals surface area contributed by atoms with Gasteiger partial charge in [0.15, 0.2) is 11.6 Å². The normalized spacial score (nSPS) is 11.3. The molecule has 4 rings (SSSR count). The van der Waals surface area contributed by atoms with Gasteiger partial charge < -0.3 is 15.6 Å². The summed E-state index contributed by atoms with van der Waals surface area (Å²) in [6, 6.07) is 11.4. The number of halogens is 2. The Morgan fingerprint density at radius 1 is 1.05 bits per heavy atom. The first-order valence-electron chi connectivity index (χ1n) is 11.5. The van der Waals surface area contributed by atoms with E-state index in [0.717, 1.165) is 40.0 Å². The van der Waals surface area contributed by atoms with Crippen molar-refractivity contribution in [3.63, 3.8) is 0 Å². The van der Waals surface area contributed by atoms with Crippen LogP contribution in [0.2, 0.25) is 0 Å². The fourth-order valence-electron chi connectivity index (χ4n) is 3.64. The summed E-state index contributed by atoms with van der Waals surface area (Å²) in [4.78, 5) is 24.7. The fourth-order valence-corrected chi connectivity index (χ4v) is 3.64. The van der Waals surface area contributed by atoms with Crippen molar-refractivity contribution in [1.82, 2.24) is 25.6 Å². The lowest BCUT2D eigenvalue weighted by molar-refractivity contribution is -0.117. The number of aromatic nitrogens is 3. The fraction of sp³-hybridized carbons (Fsp3) is 0.138. The van der Waals surface area contributed by atoms with Crippen molar-refractivity contribution in [1.29, 1.82) is 0 Å². The number of amides is 1. The Morgan fingerprint density at radius 2 is 1.89 bits per heavy atom. The highest BCUT2D eigenvalue weighted by Gasteiger charge is 2.11. The molecule has 0 fully saturated rings. The van der Waals surface area contributed by atoms with Crippen LogP contribution in [0.1, 0.15) is 18.2 Å². The van der Waals surface area contributed by atoms with E-state index >= 15 is 0 Å². The average molecular weight is 500 g/mol. The molecule has 0 aliphatic carbocycles. The minimum Gasteiger partial charge on any atom is -0.348 e. The zero-order valence-electron chi connectivity index (χ0n) is 20.3. The van der Waals surface area contributed by atoms with Crippen molar-refractivity contribution in [2.24, 2.45) is 0 Å². The molecule has 0 aliphatic heterocycles. The van der Waals surface area contributed by atoms with Crippen LogP contribution in [0, 0.1) is 24.5 Å². The molecular weight excluding hydrogens is 472 g/mol. The summed E-state index contributed by atoms with van der Waals surface area (Å²) >= 11 is 0. The number of carbonyl (C=O) groups excluding carboxylic acids is 1. The Hall–Kier alpha value is -4.61. The molecule has 0 spiro atoms. The van der Waals surface area contributed by atoms with Gasteiger partial charge in [-0.15, -0.1) is 12.8 Å². The van der Waals surface area contributed by atoms with Gasteiger partial charge in [0, 0.05) is 54.7 Å². The monoisotopic (exact) mass is 499 g/mol. The van der Waals surface area contributed by atoms with Crippen molar-refractivity contribution < 1.29 is 13.6 Å². The molecule has 3 N–H and O–H groups in total. The van der Waals surface area contributed by atoms with Gasteiger partial charge in [-0.2, -0.15) is 0 Å². The van der Waals surface area contributed by atoms with E-state index < -0.39 is 11.6 Å². The van der Waals surface area contributed by atoms with Gasteiger partial charge in [-0.1, -0.05) is 24.3 Å². The summed E-state index contributed by atoms with van der Waals surface area (Å²) in [7, 11) is 0. The molecule has 0 aliphatic rings. The lowest BCUT2D eigenvalue weighted by Crippen LogP contribution is -2.30. The van der Waals surface area contributed by atoms with Crippen LogP contribution in [0.25, 0.3) is 22.2 Å². The number of allylic oxidation sites excluding steroid dienone is 3. The second-order valence-corrected chi connectivity index (χ2v) is 7.89. The first-order chi connectivity index (χ1) is 18.0. The van der Waals surface area contributed by atoms with E-state index in [-0.39, 0.29) is 12.5 Å². The number of nitrogens with zero attached hydrogens (tertiary/aromatic N) is 2. The van der Waals surface area contributed by atoms with Gasteiger partial charge in [-0.25, -0.2) is 13.8 Å². The zero-order chi connectivity index (χ0) is 26.6. The number of fused-ring (bicyclic) bond motifs is 1. The lowest BCUT2D eigenvalue weighted by atomic mass is 10.1. The average Bonchev–Trinajstić information content (AvgIpc) is 3.37. The van der Waals surface area contributed by atoms with Gasteiger partial charge in [0.25, 0.3) is 0 Å². The third kappa shape index (κ3) is 7.19. The summed E-state index contributed by atoms with van der Waals surface area (Å²) in [6.07, 6.45) is 18.8. The van der Waals surface area contributed by atoms with Gasteiger partial charge in [0.05, 0.1) is 5.69 Å². The first kappa shape index (κ1) is 27.0. The maximum atomic E-state index is 13.4. The molecule has 8 heteroatoms. The molecule has 3 aromatic heterocycles. The van der Waals surface area contributed by atoms with Gasteiger partial charge in [-0.3, -0.25) is 9.78 Å². The number of aromatic amines is 1. The number of H-pyrrole nitrogens is 1. The smallest absolute Gasteiger partial charge is 0.248 e. The number of hydrogen-bond donors (Lipinski definition) is 3. The highest BCUT2D eigenvalue weighted by molar-refractivity contribution is 5.94. The van der Waals surface area contributed by atoms with E-state index in [1.807, 2.05) is 43.5 Å². The molecule has 37 heavy (non-hydrogen) atoms. The Balaban J connectivity index is 0.00000186. The topological polar surface area (TPSA) is 82.7 Å². The third-order valence-corrected chi connectivity index (χ3v) is 5.42.